The third kappa shape index (κ3) is 8.85. The molecule has 5 aromatic rings. The molecule has 2 aromatic heterocycles. The second-order valence-electron chi connectivity index (χ2n) is 11.8. The topological polar surface area (TPSA) is 283 Å². The Bertz CT molecular complexity index is 2330. The van der Waals surface area contributed by atoms with Crippen LogP contribution in [0.2, 0.25) is 0 Å². The lowest BCUT2D eigenvalue weighted by Crippen LogP contribution is -2.31. The number of phosphoric ester groups is 1. The lowest BCUT2D eigenvalue weighted by Gasteiger charge is -2.22. The largest absolute Gasteiger partial charge is 0.490 e. The highest BCUT2D eigenvalue weighted by Crippen LogP contribution is 2.72. The van der Waals surface area contributed by atoms with Crippen molar-refractivity contribution in [1.29, 1.82) is 0 Å². The van der Waals surface area contributed by atoms with E-state index in [1.807, 2.05) is 30.3 Å². The summed E-state index contributed by atoms with van der Waals surface area (Å²) in [5, 5.41) is 1.24. The molecule has 2 fully saturated rings. The van der Waals surface area contributed by atoms with Gasteiger partial charge in [0.05, 0.1) is 19.1 Å². The highest BCUT2D eigenvalue weighted by molar-refractivity contribution is 7.70. The number of phosphoric acid groups is 3. The van der Waals surface area contributed by atoms with E-state index in [2.05, 4.69) is 27.9 Å². The number of nitrogen functional groups attached to an aromatic ring is 1. The van der Waals surface area contributed by atoms with Crippen LogP contribution < -0.4 is 5.73 Å². The summed E-state index contributed by atoms with van der Waals surface area (Å²) in [6, 6.07) is 20.8. The normalized spacial score (nSPS) is 26.1. The van der Waals surface area contributed by atoms with Gasteiger partial charge < -0.3 is 39.5 Å². The van der Waals surface area contributed by atoms with E-state index >= 15 is 0 Å². The molecule has 4 heterocycles. The number of rotatable bonds is 14. The molecule has 6 N–H and O–H groups in total. The van der Waals surface area contributed by atoms with Gasteiger partial charge in [0, 0.05) is 6.42 Å². The second-order valence-corrected chi connectivity index (χ2v) is 18.5. The minimum atomic E-state index is -6.00. The van der Waals surface area contributed by atoms with Crippen LogP contribution in [0.4, 0.5) is 5.82 Å². The van der Waals surface area contributed by atoms with Crippen molar-refractivity contribution >= 4 is 58.8 Å². The van der Waals surface area contributed by atoms with Crippen LogP contribution in [-0.4, -0.2) is 70.3 Å². The lowest BCUT2D eigenvalue weighted by atomic mass is 10.1. The summed E-state index contributed by atoms with van der Waals surface area (Å²) >= 11 is 0. The second kappa shape index (κ2) is 14.8. The van der Waals surface area contributed by atoms with Crippen LogP contribution in [-0.2, 0) is 62.5 Å². The van der Waals surface area contributed by atoms with Crippen LogP contribution in [0.3, 0.4) is 0 Å². The van der Waals surface area contributed by atoms with Crippen molar-refractivity contribution < 1.29 is 69.5 Å². The van der Waals surface area contributed by atoms with Gasteiger partial charge in [0.25, 0.3) is 0 Å². The van der Waals surface area contributed by atoms with Gasteiger partial charge in [0.15, 0.2) is 24.0 Å². The van der Waals surface area contributed by atoms with Crippen molar-refractivity contribution in [2.75, 3.05) is 12.3 Å². The average molecular weight is 813 g/mol. The van der Waals surface area contributed by atoms with Crippen LogP contribution in [0.25, 0.3) is 21.9 Å². The summed E-state index contributed by atoms with van der Waals surface area (Å²) in [6.45, 7) is -0.805. The molecule has 9 atom stereocenters. The zero-order valence-corrected chi connectivity index (χ0v) is 30.6. The van der Waals surface area contributed by atoms with E-state index in [1.54, 1.807) is 36.4 Å². The summed E-state index contributed by atoms with van der Waals surface area (Å²) in [4.78, 5) is 53.3. The van der Waals surface area contributed by atoms with E-state index in [9.17, 15) is 37.8 Å². The zero-order valence-electron chi connectivity index (χ0n) is 27.0. The number of hydrogen-bond donors (Lipinski definition) is 5. The molecule has 7 rings (SSSR count). The quantitative estimate of drug-likeness (QED) is 0.0960. The van der Waals surface area contributed by atoms with Crippen LogP contribution in [0.1, 0.15) is 17.4 Å². The Morgan fingerprint density at radius 2 is 1.43 bits per heavy atom. The van der Waals surface area contributed by atoms with Gasteiger partial charge in [-0.1, -0.05) is 72.8 Å². The summed E-state index contributed by atoms with van der Waals surface area (Å²) in [6.07, 6.45) is -2.59. The molecule has 9 unspecified atom stereocenters. The first kappa shape index (κ1) is 38.0. The summed E-state index contributed by atoms with van der Waals surface area (Å²) in [5.74, 6) is 0.104. The van der Waals surface area contributed by atoms with Gasteiger partial charge in [-0.25, -0.2) is 33.0 Å². The molecule has 282 valence electrons. The van der Waals surface area contributed by atoms with E-state index in [0.29, 0.717) is 17.2 Å². The molecule has 24 heteroatoms. The van der Waals surface area contributed by atoms with Gasteiger partial charge in [-0.15, -0.1) is 0 Å². The molecule has 2 saturated heterocycles. The molecule has 0 saturated carbocycles. The molecule has 53 heavy (non-hydrogen) atoms. The fourth-order valence-electron chi connectivity index (χ4n) is 6.03. The lowest BCUT2D eigenvalue weighted by molar-refractivity contribution is -0.149. The van der Waals surface area contributed by atoms with E-state index < -0.39 is 74.7 Å². The number of anilines is 1. The Morgan fingerprint density at radius 1 is 0.755 bits per heavy atom. The number of fused-ring (bicyclic) bond motifs is 3. The van der Waals surface area contributed by atoms with Gasteiger partial charge >= 0.3 is 31.1 Å². The fraction of sp³-hybridized carbons (Fsp3) is 0.276. The smallest absolute Gasteiger partial charge is 0.382 e. The third-order valence-corrected chi connectivity index (χ3v) is 14.5. The number of nitrogens with zero attached hydrogens (tertiary/aromatic N) is 4. The molecule has 0 radical (unpaired) electrons. The summed E-state index contributed by atoms with van der Waals surface area (Å²) < 4.78 is 88.4. The Balaban J connectivity index is 1.02. The number of ether oxygens (including phenoxy) is 3. The van der Waals surface area contributed by atoms with Crippen LogP contribution in [0.15, 0.2) is 85.5 Å². The molecule has 2 aliphatic rings. The van der Waals surface area contributed by atoms with E-state index in [4.69, 9.17) is 24.5 Å². The summed E-state index contributed by atoms with van der Waals surface area (Å²) in [5.41, 5.74) is 7.64. The Hall–Kier alpha value is -3.25. The van der Waals surface area contributed by atoms with Crippen molar-refractivity contribution in [3.05, 3.63) is 96.6 Å². The highest BCUT2D eigenvalue weighted by Gasteiger charge is 2.55. The predicted octanol–water partition coefficient (Wildman–Crippen LogP) is 4.57. The number of hydrogen-bond acceptors (Lipinski definition) is 15. The van der Waals surface area contributed by atoms with Crippen molar-refractivity contribution in [3.63, 3.8) is 0 Å². The first-order valence-corrected chi connectivity index (χ1v) is 21.8. The average Bonchev–Trinajstić information content (AvgIpc) is 3.77. The monoisotopic (exact) mass is 813 g/mol. The van der Waals surface area contributed by atoms with E-state index in [-0.39, 0.29) is 22.5 Å². The number of nitrogens with two attached hydrogens (primary N) is 1. The van der Waals surface area contributed by atoms with Gasteiger partial charge in [-0.2, -0.15) is 8.62 Å². The van der Waals surface area contributed by atoms with Crippen LogP contribution in [0.5, 0.6) is 0 Å². The molecule has 20 nitrogen and oxygen atoms in total. The molecule has 0 aliphatic carbocycles. The van der Waals surface area contributed by atoms with Crippen molar-refractivity contribution in [3.8, 4) is 0 Å². The first-order valence-electron chi connectivity index (χ1n) is 15.6. The van der Waals surface area contributed by atoms with Gasteiger partial charge in [-0.3, -0.25) is 13.7 Å². The number of benzene rings is 3. The number of aromatic nitrogens is 4. The maximum Gasteiger partial charge on any atom is 0.490 e. The first-order chi connectivity index (χ1) is 25.1. The Morgan fingerprint density at radius 3 is 2.23 bits per heavy atom. The van der Waals surface area contributed by atoms with Crippen LogP contribution >= 0.6 is 31.1 Å². The van der Waals surface area contributed by atoms with Gasteiger partial charge in [0.2, 0.25) is 0 Å². The molecule has 3 aromatic carbocycles. The van der Waals surface area contributed by atoms with Gasteiger partial charge in [-0.05, 0) is 21.9 Å². The Kier molecular flexibility index (Phi) is 10.6. The summed E-state index contributed by atoms with van der Waals surface area (Å²) in [7, 11) is -22.5. The van der Waals surface area contributed by atoms with E-state index in [0.717, 1.165) is 5.56 Å². The molecule has 0 spiro atoms. The van der Waals surface area contributed by atoms with Crippen LogP contribution in [0, 0.1) is 0 Å². The minimum absolute atomic E-state index is 0.104. The third-order valence-electron chi connectivity index (χ3n) is 8.11. The maximum absolute atomic E-state index is 12.9. The van der Waals surface area contributed by atoms with Crippen molar-refractivity contribution in [2.45, 2.75) is 43.4 Å². The zero-order chi connectivity index (χ0) is 37.6. The maximum atomic E-state index is 12.9. The minimum Gasteiger partial charge on any atom is -0.382 e. The predicted molar refractivity (Wildman–Crippen MR) is 183 cm³/mol. The molecule has 2 aliphatic heterocycles. The molecular formula is C29H31N5O15P4. The highest BCUT2D eigenvalue weighted by atomic mass is 31.3. The van der Waals surface area contributed by atoms with Gasteiger partial charge in [0.1, 0.15) is 30.2 Å². The number of imidazole rings is 1. The molecule has 0 bridgehead atoms. The fourth-order valence-corrected chi connectivity index (χ4v) is 11.6. The Labute approximate surface area is 299 Å². The van der Waals surface area contributed by atoms with E-state index in [1.165, 1.54) is 23.3 Å². The van der Waals surface area contributed by atoms with Crippen molar-refractivity contribution in [1.82, 2.24) is 19.5 Å². The molecular weight excluding hydrogens is 782 g/mol. The standard InChI is InChI=1S/C29H31N5O15P4/c30-27-24-28(32-16-31-27)34(17-33-24)29-26-25(45-23(46-26)13-18-7-2-1-3-8-18)22(44-29)14-43-51(37,38)48-53(41,42)49-52(39,40)47-50(35,36)15-20-11-6-10-19-9-4-5-12-21(19)20/h1-12,16-17,22-23,25-26,29H,13-15H2,(H,35,36)(H,37,38)(H,39,40)(H,41,42)(H2,30,31,32). The van der Waals surface area contributed by atoms with Crippen molar-refractivity contribution in [2.24, 2.45) is 0 Å². The SMILES string of the molecule is Nc1ncnc2c1ncn2C1OC(COP(=O)(O)OP(=O)(O)OP(=O)(O)OP(=O)(O)Cc2cccc3ccccc23)C2OC(Cc3ccccc3)OC21. The molecule has 0 amide bonds.